The molecular weight excluding hydrogens is 1140 g/mol. The van der Waals surface area contributed by atoms with Gasteiger partial charge in [-0.15, -0.1) is 0 Å². The first-order chi connectivity index (χ1) is 46.6. The fraction of sp³-hybridized carbons (Fsp3) is 0. The molecule has 0 unspecified atom stereocenters. The Morgan fingerprint density at radius 2 is 0.500 bits per heavy atom. The van der Waals surface area contributed by atoms with Crippen molar-refractivity contribution in [2.24, 2.45) is 0 Å². The first-order valence-corrected chi connectivity index (χ1v) is 32.0. The number of nitrogens with zero attached hydrogens (tertiary/aromatic N) is 6. The second-order valence-electron chi connectivity index (χ2n) is 24.2. The van der Waals surface area contributed by atoms with Crippen LogP contribution in [0.15, 0.2) is 352 Å². The summed E-state index contributed by atoms with van der Waals surface area (Å²) in [5, 5.41) is 7.12. The van der Waals surface area contributed by atoms with E-state index in [-0.39, 0.29) is 0 Å². The zero-order valence-corrected chi connectivity index (χ0v) is 51.2. The molecule has 18 rings (SSSR count). The van der Waals surface area contributed by atoms with Crippen LogP contribution in [0.1, 0.15) is 0 Å². The lowest BCUT2D eigenvalue weighted by Crippen LogP contribution is -2.09. The van der Waals surface area contributed by atoms with Crippen LogP contribution in [-0.2, 0) is 0 Å². The van der Waals surface area contributed by atoms with Crippen molar-refractivity contribution < 1.29 is 0 Å². The fourth-order valence-electron chi connectivity index (χ4n) is 14.2. The van der Waals surface area contributed by atoms with Gasteiger partial charge in [0.1, 0.15) is 0 Å². The van der Waals surface area contributed by atoms with Crippen molar-refractivity contribution in [3.63, 3.8) is 0 Å². The van der Waals surface area contributed by atoms with Gasteiger partial charge in [0.2, 0.25) is 5.95 Å². The molecule has 6 heteroatoms. The first kappa shape index (κ1) is 54.3. The maximum Gasteiger partial charge on any atom is 0.235 e. The number of hydrogen-bond donors (Lipinski definition) is 0. The number of para-hydroxylation sites is 4. The van der Waals surface area contributed by atoms with Gasteiger partial charge in [-0.25, -0.2) is 9.97 Å². The lowest BCUT2D eigenvalue weighted by Gasteiger charge is -2.26. The normalized spacial score (nSPS) is 11.6. The van der Waals surface area contributed by atoms with Crippen LogP contribution in [0.5, 0.6) is 0 Å². The van der Waals surface area contributed by atoms with Gasteiger partial charge in [-0.05, 0) is 166 Å². The van der Waals surface area contributed by atoms with E-state index in [1.54, 1.807) is 0 Å². The Hall–Kier alpha value is -12.6. The minimum atomic E-state index is 0.603. The largest absolute Gasteiger partial charge is 0.311 e. The SMILES string of the molecule is c1ccc(-c2ccc(N(c3ccc(-c4ccccc4)cc3)c3ccc(-c4ccc5c(c4)c4ccccc4n5-c4nc(-c5ccccc5)cc(-c5cccc(-n6c7ccccc7c7cc(-c8ccc9c(c8)c8ccccc8n9-c8ccccc8)ccc76)c5)n4)cc3)cc2)cc1. The van der Waals surface area contributed by atoms with Gasteiger partial charge in [0, 0.05) is 71.9 Å². The summed E-state index contributed by atoms with van der Waals surface area (Å²) in [6.45, 7) is 0. The molecule has 14 aromatic carbocycles. The predicted octanol–water partition coefficient (Wildman–Crippen LogP) is 23.2. The molecule has 0 aliphatic carbocycles. The minimum Gasteiger partial charge on any atom is -0.311 e. The van der Waals surface area contributed by atoms with E-state index in [0.717, 1.165) is 94.9 Å². The molecule has 0 fully saturated rings. The van der Waals surface area contributed by atoms with Crippen molar-refractivity contribution in [2.75, 3.05) is 4.90 Å². The Labute approximate surface area is 544 Å². The molecule has 0 bridgehead atoms. The van der Waals surface area contributed by atoms with Gasteiger partial charge in [0.15, 0.2) is 0 Å². The molecule has 18 aromatic rings. The van der Waals surface area contributed by atoms with Gasteiger partial charge in [0.25, 0.3) is 0 Å². The van der Waals surface area contributed by atoms with Gasteiger partial charge in [0.05, 0.1) is 44.5 Å². The van der Waals surface area contributed by atoms with Gasteiger partial charge in [-0.2, -0.15) is 0 Å². The molecule has 440 valence electrons. The number of aromatic nitrogens is 5. The predicted molar refractivity (Wildman–Crippen MR) is 392 cm³/mol. The summed E-state index contributed by atoms with van der Waals surface area (Å²) in [7, 11) is 0. The van der Waals surface area contributed by atoms with Crippen molar-refractivity contribution >= 4 is 82.5 Å². The summed E-state index contributed by atoms with van der Waals surface area (Å²) in [4.78, 5) is 13.3. The molecular formula is C88H58N6. The van der Waals surface area contributed by atoms with Crippen molar-refractivity contribution in [1.29, 1.82) is 0 Å². The number of anilines is 3. The Morgan fingerprint density at radius 1 is 0.191 bits per heavy atom. The van der Waals surface area contributed by atoms with Gasteiger partial charge < -0.3 is 14.0 Å². The Balaban J connectivity index is 0.709. The summed E-state index contributed by atoms with van der Waals surface area (Å²) < 4.78 is 7.02. The van der Waals surface area contributed by atoms with E-state index >= 15 is 0 Å². The molecule has 94 heavy (non-hydrogen) atoms. The molecule has 0 amide bonds. The monoisotopic (exact) mass is 1200 g/mol. The van der Waals surface area contributed by atoms with E-state index < -0.39 is 0 Å². The number of fused-ring (bicyclic) bond motifs is 9. The number of benzene rings is 14. The van der Waals surface area contributed by atoms with Crippen LogP contribution >= 0.6 is 0 Å². The summed E-state index contributed by atoms with van der Waals surface area (Å²) in [5.41, 5.74) is 25.2. The summed E-state index contributed by atoms with van der Waals surface area (Å²) in [6.07, 6.45) is 0. The number of rotatable bonds is 12. The lowest BCUT2D eigenvalue weighted by atomic mass is 10.0. The third-order valence-corrected chi connectivity index (χ3v) is 18.7. The molecule has 0 aliphatic rings. The molecule has 6 nitrogen and oxygen atoms in total. The van der Waals surface area contributed by atoms with Crippen LogP contribution in [0.4, 0.5) is 17.1 Å². The molecule has 4 heterocycles. The van der Waals surface area contributed by atoms with Gasteiger partial charge in [-0.3, -0.25) is 4.57 Å². The van der Waals surface area contributed by atoms with Crippen molar-refractivity contribution in [2.45, 2.75) is 0 Å². The quantitative estimate of drug-likeness (QED) is 0.122. The molecule has 0 saturated carbocycles. The van der Waals surface area contributed by atoms with Crippen molar-refractivity contribution in [3.8, 4) is 84.3 Å². The lowest BCUT2D eigenvalue weighted by molar-refractivity contribution is 0.995. The molecule has 0 radical (unpaired) electrons. The van der Waals surface area contributed by atoms with Gasteiger partial charge >= 0.3 is 0 Å². The van der Waals surface area contributed by atoms with E-state index in [1.807, 2.05) is 0 Å². The highest BCUT2D eigenvalue weighted by Crippen LogP contribution is 2.43. The molecule has 0 aliphatic heterocycles. The highest BCUT2D eigenvalue weighted by Gasteiger charge is 2.22. The van der Waals surface area contributed by atoms with Crippen molar-refractivity contribution in [1.82, 2.24) is 23.7 Å². The van der Waals surface area contributed by atoms with E-state index in [9.17, 15) is 0 Å². The highest BCUT2D eigenvalue weighted by atomic mass is 15.2. The third-order valence-electron chi connectivity index (χ3n) is 18.7. The zero-order chi connectivity index (χ0) is 62.1. The number of hydrogen-bond acceptors (Lipinski definition) is 3. The molecule has 4 aromatic heterocycles. The van der Waals surface area contributed by atoms with Crippen LogP contribution < -0.4 is 4.90 Å². The average Bonchev–Trinajstić information content (AvgIpc) is 1.61. The highest BCUT2D eigenvalue weighted by molar-refractivity contribution is 6.13. The van der Waals surface area contributed by atoms with Crippen LogP contribution in [0.2, 0.25) is 0 Å². The maximum absolute atomic E-state index is 5.56. The van der Waals surface area contributed by atoms with Crippen LogP contribution in [0.3, 0.4) is 0 Å². The van der Waals surface area contributed by atoms with E-state index in [0.29, 0.717) is 5.95 Å². The smallest absolute Gasteiger partial charge is 0.235 e. The second-order valence-corrected chi connectivity index (χ2v) is 24.2. The van der Waals surface area contributed by atoms with Crippen LogP contribution in [0, 0.1) is 0 Å². The standard InChI is InChI=1S/C88H58N6/c1-5-20-59(21-6-1)61-36-45-70(46-37-61)91(71-47-38-62(39-48-71)60-22-7-2-8-23-60)72-49-40-63(41-50-72)65-42-53-87-79(55-65)76-32-15-18-35-84(76)94(87)88-89-80(64-24-9-3-10-25-64)58-81(90-88)68-26-19-29-73(54-68)93-83-34-17-14-31-75(83)78-57-67(44-52-86(78)93)66-43-51-85-77(56-66)74-30-13-16-33-82(74)92(85)69-27-11-4-12-28-69/h1-58H. The summed E-state index contributed by atoms with van der Waals surface area (Å²) >= 11 is 0. The van der Waals surface area contributed by atoms with Crippen LogP contribution in [-0.4, -0.2) is 23.7 Å². The Bertz CT molecular complexity index is 5790. The van der Waals surface area contributed by atoms with E-state index in [1.165, 1.54) is 66.0 Å². The topological polar surface area (TPSA) is 43.8 Å². The summed E-state index contributed by atoms with van der Waals surface area (Å²) in [6, 6.07) is 127. The third kappa shape index (κ3) is 9.43. The zero-order valence-electron chi connectivity index (χ0n) is 51.2. The molecule has 0 N–H and O–H groups in total. The molecule has 0 atom stereocenters. The Kier molecular flexibility index (Phi) is 13.1. The van der Waals surface area contributed by atoms with E-state index in [2.05, 4.69) is 370 Å². The maximum atomic E-state index is 5.56. The van der Waals surface area contributed by atoms with Crippen LogP contribution in [0.25, 0.3) is 150 Å². The molecule has 0 spiro atoms. The van der Waals surface area contributed by atoms with E-state index in [4.69, 9.17) is 9.97 Å². The second kappa shape index (κ2) is 22.7. The van der Waals surface area contributed by atoms with Crippen molar-refractivity contribution in [3.05, 3.63) is 352 Å². The first-order valence-electron chi connectivity index (χ1n) is 32.0. The Morgan fingerprint density at radius 3 is 0.968 bits per heavy atom. The average molecular weight is 1200 g/mol. The fourth-order valence-corrected chi connectivity index (χ4v) is 14.2. The minimum absolute atomic E-state index is 0.603. The van der Waals surface area contributed by atoms with Gasteiger partial charge in [-0.1, -0.05) is 231 Å². The summed E-state index contributed by atoms with van der Waals surface area (Å²) in [5.74, 6) is 0.603. The molecule has 0 saturated heterocycles.